The Kier molecular flexibility index (Phi) is 5.32. The van der Waals surface area contributed by atoms with E-state index in [9.17, 15) is 0 Å². The van der Waals surface area contributed by atoms with Gasteiger partial charge in [-0.05, 0) is 68.7 Å². The predicted molar refractivity (Wildman–Crippen MR) is 87.9 cm³/mol. The average molecular weight is 324 g/mol. The van der Waals surface area contributed by atoms with Crippen molar-refractivity contribution in [1.29, 1.82) is 0 Å². The lowest BCUT2D eigenvalue weighted by atomic mass is 9.83. The van der Waals surface area contributed by atoms with Crippen molar-refractivity contribution in [2.75, 3.05) is 5.32 Å². The number of anilines is 1. The van der Waals surface area contributed by atoms with Crippen molar-refractivity contribution in [3.8, 4) is 0 Å². The number of aryl methyl sites for hydroxylation is 2. The van der Waals surface area contributed by atoms with Crippen molar-refractivity contribution >= 4 is 21.6 Å². The molecule has 1 saturated carbocycles. The lowest BCUT2D eigenvalue weighted by Gasteiger charge is -2.30. The minimum atomic E-state index is 0.674. The molecule has 0 atom stereocenters. The third kappa shape index (κ3) is 3.98. The summed E-state index contributed by atoms with van der Waals surface area (Å²) in [5, 5.41) is 3.73. The summed E-state index contributed by atoms with van der Waals surface area (Å²) in [5.74, 6) is 0.983. The fourth-order valence-electron chi connectivity index (χ4n) is 3.27. The molecule has 2 rings (SSSR count). The fourth-order valence-corrected chi connectivity index (χ4v) is 3.50. The van der Waals surface area contributed by atoms with Gasteiger partial charge in [0.25, 0.3) is 0 Å². The summed E-state index contributed by atoms with van der Waals surface area (Å²) in [4.78, 5) is 0. The third-order valence-electron chi connectivity index (χ3n) is 4.35. The van der Waals surface area contributed by atoms with Gasteiger partial charge in [0.2, 0.25) is 0 Å². The van der Waals surface area contributed by atoms with Crippen molar-refractivity contribution in [3.63, 3.8) is 0 Å². The number of halogens is 1. The number of nitrogens with one attached hydrogen (secondary N) is 1. The molecule has 0 spiro atoms. The van der Waals surface area contributed by atoms with Crippen LogP contribution in [0, 0.1) is 19.8 Å². The Hall–Kier alpha value is -0.500. The van der Waals surface area contributed by atoms with E-state index in [1.165, 1.54) is 59.8 Å². The summed E-state index contributed by atoms with van der Waals surface area (Å²) in [6.45, 7) is 6.64. The molecule has 0 aliphatic heterocycles. The van der Waals surface area contributed by atoms with Crippen molar-refractivity contribution < 1.29 is 0 Å². The molecule has 0 heterocycles. The highest BCUT2D eigenvalue weighted by Crippen LogP contribution is 2.31. The zero-order valence-electron chi connectivity index (χ0n) is 12.4. The van der Waals surface area contributed by atoms with E-state index in [4.69, 9.17) is 0 Å². The first kappa shape index (κ1) is 14.9. The molecule has 106 valence electrons. The number of hydrogen-bond acceptors (Lipinski definition) is 1. The molecular formula is C17H26BrN. The molecule has 1 aliphatic rings. The molecule has 0 amide bonds. The Balaban J connectivity index is 1.92. The first-order valence-electron chi connectivity index (χ1n) is 7.63. The maximum Gasteiger partial charge on any atom is 0.0348 e. The lowest BCUT2D eigenvalue weighted by Crippen LogP contribution is -2.26. The van der Waals surface area contributed by atoms with E-state index in [1.807, 2.05) is 0 Å². The fraction of sp³-hybridized carbons (Fsp3) is 0.647. The SMILES string of the molecule is CCCC1CCC(Nc2cc(C)c(Br)c(C)c2)CC1. The van der Waals surface area contributed by atoms with Crippen LogP contribution in [0.1, 0.15) is 56.6 Å². The second-order valence-corrected chi connectivity index (χ2v) is 6.87. The zero-order valence-corrected chi connectivity index (χ0v) is 14.0. The summed E-state index contributed by atoms with van der Waals surface area (Å²) in [6, 6.07) is 5.19. The van der Waals surface area contributed by atoms with Crippen LogP contribution in [-0.4, -0.2) is 6.04 Å². The van der Waals surface area contributed by atoms with Gasteiger partial charge in [-0.15, -0.1) is 0 Å². The van der Waals surface area contributed by atoms with Gasteiger partial charge in [-0.25, -0.2) is 0 Å². The minimum Gasteiger partial charge on any atom is -0.382 e. The minimum absolute atomic E-state index is 0.674. The van der Waals surface area contributed by atoms with Crippen LogP contribution in [0.15, 0.2) is 16.6 Å². The van der Waals surface area contributed by atoms with Crippen LogP contribution < -0.4 is 5.32 Å². The summed E-state index contributed by atoms with van der Waals surface area (Å²) < 4.78 is 1.24. The average Bonchev–Trinajstić information content (AvgIpc) is 2.38. The summed E-state index contributed by atoms with van der Waals surface area (Å²) >= 11 is 3.64. The van der Waals surface area contributed by atoms with Crippen molar-refractivity contribution in [1.82, 2.24) is 0 Å². The first-order chi connectivity index (χ1) is 9.10. The van der Waals surface area contributed by atoms with E-state index in [1.54, 1.807) is 0 Å². The van der Waals surface area contributed by atoms with E-state index in [2.05, 4.69) is 54.2 Å². The van der Waals surface area contributed by atoms with E-state index < -0.39 is 0 Å². The molecule has 0 radical (unpaired) electrons. The zero-order chi connectivity index (χ0) is 13.8. The monoisotopic (exact) mass is 323 g/mol. The highest BCUT2D eigenvalue weighted by Gasteiger charge is 2.20. The quantitative estimate of drug-likeness (QED) is 0.734. The maximum atomic E-state index is 3.73. The summed E-state index contributed by atoms with van der Waals surface area (Å²) in [7, 11) is 0. The van der Waals surface area contributed by atoms with Crippen LogP contribution in [0.4, 0.5) is 5.69 Å². The van der Waals surface area contributed by atoms with Crippen molar-refractivity contribution in [3.05, 3.63) is 27.7 Å². The molecule has 1 fully saturated rings. The van der Waals surface area contributed by atoms with E-state index >= 15 is 0 Å². The first-order valence-corrected chi connectivity index (χ1v) is 8.42. The van der Waals surface area contributed by atoms with Gasteiger partial charge in [-0.2, -0.15) is 0 Å². The van der Waals surface area contributed by atoms with E-state index in [-0.39, 0.29) is 0 Å². The number of hydrogen-bond donors (Lipinski definition) is 1. The molecule has 0 unspecified atom stereocenters. The highest BCUT2D eigenvalue weighted by atomic mass is 79.9. The van der Waals surface area contributed by atoms with Crippen LogP contribution in [0.2, 0.25) is 0 Å². The molecule has 1 aliphatic carbocycles. The van der Waals surface area contributed by atoms with Gasteiger partial charge in [-0.1, -0.05) is 35.7 Å². The Morgan fingerprint density at radius 2 is 1.68 bits per heavy atom. The third-order valence-corrected chi connectivity index (χ3v) is 5.60. The van der Waals surface area contributed by atoms with Crippen LogP contribution in [-0.2, 0) is 0 Å². The predicted octanol–water partition coefficient (Wildman–Crippen LogP) is 5.84. The summed E-state index contributed by atoms with van der Waals surface area (Å²) in [6.07, 6.45) is 8.23. The van der Waals surface area contributed by atoms with Gasteiger partial charge >= 0.3 is 0 Å². The molecule has 1 N–H and O–H groups in total. The molecule has 2 heteroatoms. The van der Waals surface area contributed by atoms with Crippen molar-refractivity contribution in [2.45, 2.75) is 65.3 Å². The van der Waals surface area contributed by atoms with Gasteiger partial charge in [0, 0.05) is 16.2 Å². The Morgan fingerprint density at radius 3 is 2.21 bits per heavy atom. The smallest absolute Gasteiger partial charge is 0.0348 e. The van der Waals surface area contributed by atoms with Crippen LogP contribution in [0.25, 0.3) is 0 Å². The maximum absolute atomic E-state index is 3.73. The highest BCUT2D eigenvalue weighted by molar-refractivity contribution is 9.10. The topological polar surface area (TPSA) is 12.0 Å². The molecule has 1 aromatic carbocycles. The number of benzene rings is 1. The molecule has 0 saturated heterocycles. The largest absolute Gasteiger partial charge is 0.382 e. The van der Waals surface area contributed by atoms with Gasteiger partial charge in [0.15, 0.2) is 0 Å². The van der Waals surface area contributed by atoms with E-state index in [0.717, 1.165) is 5.92 Å². The Labute approximate surface area is 126 Å². The van der Waals surface area contributed by atoms with Gasteiger partial charge in [0.05, 0.1) is 0 Å². The van der Waals surface area contributed by atoms with Crippen LogP contribution in [0.3, 0.4) is 0 Å². The normalized spacial score (nSPS) is 23.4. The summed E-state index contributed by atoms with van der Waals surface area (Å²) in [5.41, 5.74) is 3.93. The standard InChI is InChI=1S/C17H26BrN/c1-4-5-14-6-8-15(9-7-14)19-16-10-12(2)17(18)13(3)11-16/h10-11,14-15,19H,4-9H2,1-3H3. The lowest BCUT2D eigenvalue weighted by molar-refractivity contribution is 0.319. The van der Waals surface area contributed by atoms with Gasteiger partial charge < -0.3 is 5.32 Å². The molecule has 19 heavy (non-hydrogen) atoms. The molecule has 0 aromatic heterocycles. The molecule has 1 nitrogen and oxygen atoms in total. The van der Waals surface area contributed by atoms with E-state index in [0.29, 0.717) is 6.04 Å². The second kappa shape index (κ2) is 6.78. The van der Waals surface area contributed by atoms with Gasteiger partial charge in [0.1, 0.15) is 0 Å². The molecule has 1 aromatic rings. The Morgan fingerprint density at radius 1 is 1.11 bits per heavy atom. The molecular weight excluding hydrogens is 298 g/mol. The number of rotatable bonds is 4. The van der Waals surface area contributed by atoms with Crippen LogP contribution in [0.5, 0.6) is 0 Å². The molecule has 0 bridgehead atoms. The van der Waals surface area contributed by atoms with Gasteiger partial charge in [-0.3, -0.25) is 0 Å². The second-order valence-electron chi connectivity index (χ2n) is 6.07. The van der Waals surface area contributed by atoms with Crippen LogP contribution >= 0.6 is 15.9 Å². The van der Waals surface area contributed by atoms with Crippen molar-refractivity contribution in [2.24, 2.45) is 5.92 Å². The Bertz CT molecular complexity index is 396.